The van der Waals surface area contributed by atoms with E-state index in [-0.39, 0.29) is 5.42 Å². The van der Waals surface area contributed by atoms with E-state index in [1.165, 1.54) is 0 Å². The molecule has 0 amide bonds. The summed E-state index contributed by atoms with van der Waals surface area (Å²) in [6.07, 6.45) is 1.84. The van der Waals surface area contributed by atoms with Gasteiger partial charge in [0, 0.05) is 6.07 Å². The topological polar surface area (TPSA) is 53.4 Å². The Bertz CT molecular complexity index is 966. The lowest BCUT2D eigenvalue weighted by molar-refractivity contribution is -0.395. The second-order valence-electron chi connectivity index (χ2n) is 4.63. The van der Waals surface area contributed by atoms with Crippen LogP contribution in [0, 0.1) is 0 Å². The first-order valence-corrected chi connectivity index (χ1v) is 8.06. The molecule has 0 spiro atoms. The molecule has 2 heterocycles. The van der Waals surface area contributed by atoms with Crippen LogP contribution in [0.25, 0.3) is 11.3 Å². The highest BCUT2D eigenvalue weighted by Crippen LogP contribution is 2.33. The Hall–Kier alpha value is -1.27. The van der Waals surface area contributed by atoms with Crippen molar-refractivity contribution in [3.05, 3.63) is 49.5 Å². The minimum atomic E-state index is -2.11. The minimum Gasteiger partial charge on any atom is -0.505 e. The largest absolute Gasteiger partial charge is 0.505 e. The Morgan fingerprint density at radius 1 is 1.32 bits per heavy atom. The van der Waals surface area contributed by atoms with Gasteiger partial charge in [0.15, 0.2) is 16.7 Å². The van der Waals surface area contributed by atoms with E-state index in [4.69, 9.17) is 39.2 Å². The molecule has 1 aromatic heterocycles. The van der Waals surface area contributed by atoms with Gasteiger partial charge in [-0.25, -0.2) is 4.58 Å². The first-order valence-electron chi connectivity index (χ1n) is 6.11. The molecule has 1 aromatic carbocycles. The number of fused-ring (bicyclic) bond motifs is 1. The summed E-state index contributed by atoms with van der Waals surface area (Å²) in [6, 6.07) is 7.69. The molecule has 0 saturated carbocycles. The fraction of sp³-hybridized carbons (Fsp3) is 0.143. The summed E-state index contributed by atoms with van der Waals surface area (Å²) in [7, 11) is 1.89. The third-order valence-electron chi connectivity index (χ3n) is 3.17. The van der Waals surface area contributed by atoms with Gasteiger partial charge in [-0.15, -0.1) is 0 Å². The maximum Gasteiger partial charge on any atom is 0.282 e. The summed E-state index contributed by atoms with van der Waals surface area (Å²) in [4.78, 5) is 12.0. The molecular formula is C14H9Cl3NO3S+. The standard InChI is InChI=1S/C14H8Cl3NO3S/c1-18-6-8(7-4-2-3-5-9(7)18)13-21-10(12(20)22-13)11(19)14(15,16)17/h2-6H,1H3/p+1/b13-8-. The summed E-state index contributed by atoms with van der Waals surface area (Å²) in [5.41, 5.74) is 2.30. The van der Waals surface area contributed by atoms with Crippen LogP contribution in [0.4, 0.5) is 5.69 Å². The lowest BCUT2D eigenvalue weighted by Gasteiger charge is -2.06. The molecule has 114 valence electrons. The lowest BCUT2D eigenvalue weighted by atomic mass is 10.1. The molecule has 0 bridgehead atoms. The van der Waals surface area contributed by atoms with Crippen LogP contribution in [-0.4, -0.2) is 26.7 Å². The second kappa shape index (κ2) is 5.42. The first-order chi connectivity index (χ1) is 10.3. The third kappa shape index (κ3) is 2.58. The van der Waals surface area contributed by atoms with Crippen molar-refractivity contribution in [2.45, 2.75) is 3.79 Å². The van der Waals surface area contributed by atoms with Crippen molar-refractivity contribution >= 4 is 69.4 Å². The van der Waals surface area contributed by atoms with Crippen LogP contribution >= 0.6 is 46.1 Å². The van der Waals surface area contributed by atoms with Crippen molar-refractivity contribution in [1.29, 1.82) is 0 Å². The predicted octanol–water partition coefficient (Wildman–Crippen LogP) is 2.29. The van der Waals surface area contributed by atoms with Crippen LogP contribution in [-0.2, 0) is 0 Å². The van der Waals surface area contributed by atoms with Gasteiger partial charge in [-0.3, -0.25) is 4.79 Å². The number of hydrogen-bond donors (Lipinski definition) is 1. The quantitative estimate of drug-likeness (QED) is 0.566. The second-order valence-corrected chi connectivity index (χ2v) is 7.85. The zero-order valence-corrected chi connectivity index (χ0v) is 14.2. The van der Waals surface area contributed by atoms with Crippen LogP contribution < -0.4 is 14.9 Å². The summed E-state index contributed by atoms with van der Waals surface area (Å²) in [6.45, 7) is 0. The Balaban J connectivity index is 2.36. The molecule has 4 nitrogen and oxygen atoms in total. The molecule has 2 aromatic rings. The number of para-hydroxylation sites is 1. The van der Waals surface area contributed by atoms with Gasteiger partial charge < -0.3 is 9.52 Å². The highest BCUT2D eigenvalue weighted by atomic mass is 35.6. The van der Waals surface area contributed by atoms with E-state index >= 15 is 0 Å². The number of alkyl halides is 3. The van der Waals surface area contributed by atoms with Gasteiger partial charge in [0.25, 0.3) is 8.54 Å². The van der Waals surface area contributed by atoms with E-state index in [2.05, 4.69) is 0 Å². The molecule has 0 aliphatic carbocycles. The van der Waals surface area contributed by atoms with Gasteiger partial charge in [-0.2, -0.15) is 0 Å². The molecule has 3 rings (SSSR count). The number of aliphatic hydroxyl groups is 1. The molecule has 0 saturated heterocycles. The molecule has 22 heavy (non-hydrogen) atoms. The van der Waals surface area contributed by atoms with Crippen molar-refractivity contribution in [1.82, 2.24) is 0 Å². The minimum absolute atomic E-state index is 0.345. The Kier molecular flexibility index (Phi) is 3.85. The smallest absolute Gasteiger partial charge is 0.282 e. The van der Waals surface area contributed by atoms with Crippen molar-refractivity contribution in [2.24, 2.45) is 0 Å². The number of nitrogens with zero attached hydrogens (tertiary/aromatic N) is 1. The number of aliphatic hydroxyl groups excluding tert-OH is 1. The lowest BCUT2D eigenvalue weighted by Crippen LogP contribution is -2.25. The van der Waals surface area contributed by atoms with Crippen molar-refractivity contribution in [3.63, 3.8) is 0 Å². The Morgan fingerprint density at radius 3 is 2.68 bits per heavy atom. The molecule has 0 radical (unpaired) electrons. The van der Waals surface area contributed by atoms with Crippen molar-refractivity contribution in [3.8, 4) is 0 Å². The third-order valence-corrected chi connectivity index (χ3v) is 4.56. The Morgan fingerprint density at radius 2 is 2.00 bits per heavy atom. The van der Waals surface area contributed by atoms with Crippen LogP contribution in [0.2, 0.25) is 0 Å². The summed E-state index contributed by atoms with van der Waals surface area (Å²) < 4.78 is 5.11. The van der Waals surface area contributed by atoms with Crippen molar-refractivity contribution in [2.75, 3.05) is 7.05 Å². The number of halogens is 3. The fourth-order valence-corrected chi connectivity index (χ4v) is 3.23. The molecule has 0 unspecified atom stereocenters. The van der Waals surface area contributed by atoms with E-state index in [1.807, 2.05) is 42.1 Å². The van der Waals surface area contributed by atoms with Gasteiger partial charge in [-0.1, -0.05) is 58.3 Å². The number of hydrogen-bond acceptors (Lipinski definition) is 4. The van der Waals surface area contributed by atoms with Gasteiger partial charge in [0.1, 0.15) is 12.6 Å². The summed E-state index contributed by atoms with van der Waals surface area (Å²) in [5.74, 6) is -0.717. The van der Waals surface area contributed by atoms with Crippen LogP contribution in [0.3, 0.4) is 0 Å². The average molecular weight is 378 g/mol. The van der Waals surface area contributed by atoms with Crippen molar-refractivity contribution < 1.29 is 14.1 Å². The monoisotopic (exact) mass is 376 g/mol. The highest BCUT2D eigenvalue weighted by molar-refractivity contribution is 7.07. The van der Waals surface area contributed by atoms with E-state index in [0.29, 0.717) is 4.73 Å². The fourth-order valence-electron chi connectivity index (χ4n) is 2.17. The maximum absolute atomic E-state index is 12.0. The number of rotatable bonds is 0. The van der Waals surface area contributed by atoms with Crippen LogP contribution in [0.15, 0.2) is 33.5 Å². The molecule has 0 fully saturated rings. The molecule has 1 aliphatic rings. The first kappa shape index (κ1) is 15.6. The van der Waals surface area contributed by atoms with Crippen LogP contribution in [0.5, 0.6) is 0 Å². The van der Waals surface area contributed by atoms with Gasteiger partial charge >= 0.3 is 0 Å². The van der Waals surface area contributed by atoms with Gasteiger partial charge in [0.05, 0.1) is 5.56 Å². The molecule has 1 aliphatic heterocycles. The number of benzene rings is 1. The van der Waals surface area contributed by atoms with Gasteiger partial charge in [0.2, 0.25) is 11.1 Å². The van der Waals surface area contributed by atoms with Crippen LogP contribution in [0.1, 0.15) is 5.56 Å². The SMILES string of the molecule is C[N+]1=C/C(=c2\o/c(=C(/O)C(Cl)(Cl)Cl)c(=O)s2)c2ccccc21. The predicted molar refractivity (Wildman–Crippen MR) is 89.3 cm³/mol. The van der Waals surface area contributed by atoms with E-state index in [0.717, 1.165) is 28.2 Å². The zero-order valence-electron chi connectivity index (χ0n) is 11.1. The maximum atomic E-state index is 12.0. The summed E-state index contributed by atoms with van der Waals surface area (Å²) >= 11 is 17.6. The normalized spacial score (nSPS) is 18.1. The molecule has 8 heteroatoms. The molecule has 0 atom stereocenters. The van der Waals surface area contributed by atoms with Gasteiger partial charge in [-0.05, 0) is 6.07 Å². The molecular weight excluding hydrogens is 369 g/mol. The Labute approximate surface area is 143 Å². The zero-order chi connectivity index (χ0) is 16.1. The molecule has 1 N–H and O–H groups in total. The summed E-state index contributed by atoms with van der Waals surface area (Å²) in [5, 5.41) is 9.85. The van der Waals surface area contributed by atoms with E-state index in [1.54, 1.807) is 0 Å². The highest BCUT2D eigenvalue weighted by Gasteiger charge is 2.30. The van der Waals surface area contributed by atoms with E-state index < -0.39 is 14.3 Å². The average Bonchev–Trinajstić information content (AvgIpc) is 2.99. The van der Waals surface area contributed by atoms with E-state index in [9.17, 15) is 9.90 Å².